The Morgan fingerprint density at radius 2 is 2.00 bits per heavy atom. The van der Waals surface area contributed by atoms with Crippen molar-refractivity contribution in [1.82, 2.24) is 5.32 Å². The average molecular weight is 215 g/mol. The van der Waals surface area contributed by atoms with Gasteiger partial charge >= 0.3 is 0 Å². The molecule has 0 radical (unpaired) electrons. The monoisotopic (exact) mass is 215 g/mol. The summed E-state index contributed by atoms with van der Waals surface area (Å²) in [4.78, 5) is 0. The summed E-state index contributed by atoms with van der Waals surface area (Å²) in [5.74, 6) is 0. The van der Waals surface area contributed by atoms with Crippen LogP contribution in [0.5, 0.6) is 0 Å². The zero-order valence-electron chi connectivity index (χ0n) is 9.87. The van der Waals surface area contributed by atoms with Crippen molar-refractivity contribution in [3.05, 3.63) is 0 Å². The van der Waals surface area contributed by atoms with Crippen molar-refractivity contribution in [3.8, 4) is 0 Å². The van der Waals surface area contributed by atoms with Gasteiger partial charge in [0.25, 0.3) is 0 Å². The highest BCUT2D eigenvalue weighted by molar-refractivity contribution is 4.80. The lowest BCUT2D eigenvalue weighted by atomic mass is 10.2. The minimum Gasteiger partial charge on any atom is -0.396 e. The highest BCUT2D eigenvalue weighted by Crippen LogP contribution is 2.21. The molecular formula is C12H25NO2. The molecule has 3 heteroatoms. The van der Waals surface area contributed by atoms with Crippen molar-refractivity contribution < 1.29 is 9.84 Å². The molecule has 0 saturated heterocycles. The summed E-state index contributed by atoms with van der Waals surface area (Å²) < 4.78 is 5.33. The fourth-order valence-electron chi connectivity index (χ4n) is 2.24. The van der Waals surface area contributed by atoms with Crippen LogP contribution in [-0.2, 0) is 4.74 Å². The first-order chi connectivity index (χ1) is 7.36. The van der Waals surface area contributed by atoms with Crippen LogP contribution in [-0.4, -0.2) is 37.5 Å². The smallest absolute Gasteiger partial charge is 0.0586 e. The number of unbranched alkanes of at least 4 members (excludes halogenated alkanes) is 3. The van der Waals surface area contributed by atoms with Crippen LogP contribution in [0, 0.1) is 0 Å². The van der Waals surface area contributed by atoms with Crippen molar-refractivity contribution in [1.29, 1.82) is 0 Å². The van der Waals surface area contributed by atoms with E-state index in [-0.39, 0.29) is 0 Å². The number of hydrogen-bond acceptors (Lipinski definition) is 3. The van der Waals surface area contributed by atoms with Crippen LogP contribution in [0.3, 0.4) is 0 Å². The van der Waals surface area contributed by atoms with Crippen molar-refractivity contribution in [3.63, 3.8) is 0 Å². The number of aliphatic hydroxyl groups excluding tert-OH is 1. The molecule has 0 aliphatic heterocycles. The Kier molecular flexibility index (Phi) is 6.98. The van der Waals surface area contributed by atoms with Gasteiger partial charge in [0.2, 0.25) is 0 Å². The number of methoxy groups -OCH3 is 1. The molecule has 2 unspecified atom stereocenters. The van der Waals surface area contributed by atoms with Gasteiger partial charge < -0.3 is 15.2 Å². The Morgan fingerprint density at radius 3 is 2.67 bits per heavy atom. The molecule has 15 heavy (non-hydrogen) atoms. The van der Waals surface area contributed by atoms with Gasteiger partial charge in [-0.05, 0) is 38.6 Å². The first kappa shape index (κ1) is 12.9. The van der Waals surface area contributed by atoms with Crippen LogP contribution in [0.25, 0.3) is 0 Å². The third kappa shape index (κ3) is 5.50. The van der Waals surface area contributed by atoms with Gasteiger partial charge in [0.05, 0.1) is 6.10 Å². The molecule has 2 N–H and O–H groups in total. The van der Waals surface area contributed by atoms with Crippen molar-refractivity contribution in [2.45, 2.75) is 57.1 Å². The summed E-state index contributed by atoms with van der Waals surface area (Å²) in [6.07, 6.45) is 8.69. The molecule has 1 rings (SSSR count). The molecule has 0 bridgehead atoms. The normalized spacial score (nSPS) is 26.0. The maximum absolute atomic E-state index is 8.62. The van der Waals surface area contributed by atoms with E-state index in [1.54, 1.807) is 0 Å². The number of hydrogen-bond donors (Lipinski definition) is 2. The summed E-state index contributed by atoms with van der Waals surface area (Å²) in [5, 5.41) is 12.2. The van der Waals surface area contributed by atoms with E-state index in [2.05, 4.69) is 5.32 Å². The van der Waals surface area contributed by atoms with Gasteiger partial charge in [-0.3, -0.25) is 0 Å². The van der Waals surface area contributed by atoms with Gasteiger partial charge in [-0.25, -0.2) is 0 Å². The van der Waals surface area contributed by atoms with E-state index < -0.39 is 0 Å². The highest BCUT2D eigenvalue weighted by Gasteiger charge is 2.23. The largest absolute Gasteiger partial charge is 0.396 e. The number of aliphatic hydroxyl groups is 1. The standard InChI is InChI=1S/C12H25NO2/c1-15-12-7-6-11(10-12)13-8-4-2-3-5-9-14/h11-14H,2-10H2,1H3. The zero-order valence-corrected chi connectivity index (χ0v) is 9.87. The summed E-state index contributed by atoms with van der Waals surface area (Å²) >= 11 is 0. The average Bonchev–Trinajstić information content (AvgIpc) is 2.71. The Balaban J connectivity index is 1.88. The SMILES string of the molecule is COC1CCC(NCCCCCCO)C1. The van der Waals surface area contributed by atoms with Crippen LogP contribution in [0.2, 0.25) is 0 Å². The lowest BCUT2D eigenvalue weighted by Gasteiger charge is -2.12. The highest BCUT2D eigenvalue weighted by atomic mass is 16.5. The molecule has 3 nitrogen and oxygen atoms in total. The molecule has 0 heterocycles. The third-order valence-corrected chi connectivity index (χ3v) is 3.24. The van der Waals surface area contributed by atoms with Gasteiger partial charge in [-0.15, -0.1) is 0 Å². The van der Waals surface area contributed by atoms with Crippen molar-refractivity contribution in [2.75, 3.05) is 20.3 Å². The van der Waals surface area contributed by atoms with Gasteiger partial charge in [0.1, 0.15) is 0 Å². The topological polar surface area (TPSA) is 41.5 Å². The molecule has 1 fully saturated rings. The Bertz CT molecular complexity index is 153. The summed E-state index contributed by atoms with van der Waals surface area (Å²) in [6.45, 7) is 1.46. The molecule has 1 aliphatic carbocycles. The van der Waals surface area contributed by atoms with Gasteiger partial charge in [0.15, 0.2) is 0 Å². The van der Waals surface area contributed by atoms with Gasteiger partial charge in [-0.2, -0.15) is 0 Å². The molecular weight excluding hydrogens is 190 g/mol. The van der Waals surface area contributed by atoms with Crippen molar-refractivity contribution in [2.24, 2.45) is 0 Å². The van der Waals surface area contributed by atoms with E-state index >= 15 is 0 Å². The predicted molar refractivity (Wildman–Crippen MR) is 62.0 cm³/mol. The summed E-state index contributed by atoms with van der Waals surface area (Å²) in [5.41, 5.74) is 0. The van der Waals surface area contributed by atoms with Crippen LogP contribution in [0.4, 0.5) is 0 Å². The van der Waals surface area contributed by atoms with Gasteiger partial charge in [-0.1, -0.05) is 12.8 Å². The van der Waals surface area contributed by atoms with E-state index in [0.717, 1.165) is 19.4 Å². The quantitative estimate of drug-likeness (QED) is 0.606. The molecule has 0 spiro atoms. The lowest BCUT2D eigenvalue weighted by molar-refractivity contribution is 0.107. The van der Waals surface area contributed by atoms with Crippen LogP contribution in [0.15, 0.2) is 0 Å². The lowest BCUT2D eigenvalue weighted by Crippen LogP contribution is -2.28. The van der Waals surface area contributed by atoms with Crippen LogP contribution < -0.4 is 5.32 Å². The fourth-order valence-corrected chi connectivity index (χ4v) is 2.24. The number of rotatable bonds is 8. The van der Waals surface area contributed by atoms with Crippen LogP contribution in [0.1, 0.15) is 44.9 Å². The maximum atomic E-state index is 8.62. The third-order valence-electron chi connectivity index (χ3n) is 3.24. The Morgan fingerprint density at radius 1 is 1.20 bits per heavy atom. The maximum Gasteiger partial charge on any atom is 0.0586 e. The van der Waals surface area contributed by atoms with E-state index in [9.17, 15) is 0 Å². The van der Waals surface area contributed by atoms with E-state index in [0.29, 0.717) is 18.8 Å². The van der Waals surface area contributed by atoms with E-state index in [1.807, 2.05) is 7.11 Å². The molecule has 1 saturated carbocycles. The summed E-state index contributed by atoms with van der Waals surface area (Å²) in [7, 11) is 1.81. The zero-order chi connectivity index (χ0) is 10.9. The van der Waals surface area contributed by atoms with Gasteiger partial charge in [0, 0.05) is 19.8 Å². The number of nitrogens with one attached hydrogen (secondary N) is 1. The molecule has 1 aliphatic rings. The molecule has 90 valence electrons. The Hall–Kier alpha value is -0.120. The first-order valence-electron chi connectivity index (χ1n) is 6.24. The Labute approximate surface area is 93.2 Å². The molecule has 0 amide bonds. The molecule has 0 aromatic heterocycles. The molecule has 0 aromatic rings. The van der Waals surface area contributed by atoms with Crippen LogP contribution >= 0.6 is 0 Å². The fraction of sp³-hybridized carbons (Fsp3) is 1.00. The summed E-state index contributed by atoms with van der Waals surface area (Å²) in [6, 6.07) is 0.674. The first-order valence-corrected chi connectivity index (χ1v) is 6.24. The molecule has 2 atom stereocenters. The number of ether oxygens (including phenoxy) is 1. The minimum atomic E-state index is 0.339. The minimum absolute atomic E-state index is 0.339. The second-order valence-corrected chi connectivity index (χ2v) is 4.46. The molecule has 0 aromatic carbocycles. The second-order valence-electron chi connectivity index (χ2n) is 4.46. The second kappa shape index (κ2) is 8.08. The van der Waals surface area contributed by atoms with E-state index in [1.165, 1.54) is 32.1 Å². The van der Waals surface area contributed by atoms with Crippen molar-refractivity contribution >= 4 is 0 Å². The van der Waals surface area contributed by atoms with E-state index in [4.69, 9.17) is 9.84 Å². The predicted octanol–water partition coefficient (Wildman–Crippen LogP) is 1.70.